The number of nitrogens with zero attached hydrogens (tertiary/aromatic N) is 2. The summed E-state index contributed by atoms with van der Waals surface area (Å²) >= 11 is 1.75. The molecule has 2 atom stereocenters. The first-order chi connectivity index (χ1) is 10.2. The molecular formula is C16H23N3OS. The second kappa shape index (κ2) is 6.30. The molecule has 2 aromatic rings. The van der Waals surface area contributed by atoms with E-state index in [4.69, 9.17) is 4.74 Å². The summed E-state index contributed by atoms with van der Waals surface area (Å²) in [5.41, 5.74) is 4.98. The standard InChI is InChI=1S/C16H23N3OS/c1-11-15(12(2)19(3)18-11)16-14(4-6-20-16)9-17-8-13-5-7-21-10-13/h5,7,10,14,16-17H,4,6,8-9H2,1-3H3/t14-,16-/m1/s1. The second-order valence-electron chi connectivity index (χ2n) is 5.81. The summed E-state index contributed by atoms with van der Waals surface area (Å²) in [4.78, 5) is 0. The van der Waals surface area contributed by atoms with Crippen LogP contribution in [0.4, 0.5) is 0 Å². The largest absolute Gasteiger partial charge is 0.373 e. The van der Waals surface area contributed by atoms with Crippen molar-refractivity contribution in [1.29, 1.82) is 0 Å². The Balaban J connectivity index is 1.65. The van der Waals surface area contributed by atoms with E-state index in [-0.39, 0.29) is 6.10 Å². The van der Waals surface area contributed by atoms with Crippen molar-refractivity contribution >= 4 is 11.3 Å². The van der Waals surface area contributed by atoms with Gasteiger partial charge in [0, 0.05) is 43.9 Å². The highest BCUT2D eigenvalue weighted by molar-refractivity contribution is 7.07. The molecule has 1 aliphatic rings. The summed E-state index contributed by atoms with van der Waals surface area (Å²) < 4.78 is 7.98. The van der Waals surface area contributed by atoms with Crippen molar-refractivity contribution in [3.63, 3.8) is 0 Å². The molecule has 114 valence electrons. The first-order valence-electron chi connectivity index (χ1n) is 7.50. The molecule has 1 N–H and O–H groups in total. The van der Waals surface area contributed by atoms with Gasteiger partial charge < -0.3 is 10.1 Å². The summed E-state index contributed by atoms with van der Waals surface area (Å²) in [7, 11) is 2.00. The van der Waals surface area contributed by atoms with Crippen molar-refractivity contribution in [2.75, 3.05) is 13.2 Å². The Hall–Kier alpha value is -1.17. The molecule has 21 heavy (non-hydrogen) atoms. The lowest BCUT2D eigenvalue weighted by Gasteiger charge is -2.19. The van der Waals surface area contributed by atoms with Crippen LogP contribution in [-0.2, 0) is 18.3 Å². The lowest BCUT2D eigenvalue weighted by Crippen LogP contribution is -2.25. The van der Waals surface area contributed by atoms with Gasteiger partial charge in [0.25, 0.3) is 0 Å². The predicted molar refractivity (Wildman–Crippen MR) is 85.5 cm³/mol. The Morgan fingerprint density at radius 1 is 1.48 bits per heavy atom. The third-order valence-corrected chi connectivity index (χ3v) is 5.11. The van der Waals surface area contributed by atoms with Gasteiger partial charge in [0.2, 0.25) is 0 Å². The van der Waals surface area contributed by atoms with Crippen LogP contribution < -0.4 is 5.32 Å². The third kappa shape index (κ3) is 3.05. The Kier molecular flexibility index (Phi) is 4.42. The monoisotopic (exact) mass is 305 g/mol. The first-order valence-corrected chi connectivity index (χ1v) is 8.44. The molecule has 0 unspecified atom stereocenters. The molecule has 1 fully saturated rings. The molecule has 0 aromatic carbocycles. The molecule has 3 heterocycles. The van der Waals surface area contributed by atoms with Crippen LogP contribution in [-0.4, -0.2) is 22.9 Å². The van der Waals surface area contributed by atoms with Crippen LogP contribution >= 0.6 is 11.3 Å². The van der Waals surface area contributed by atoms with Gasteiger partial charge in [-0.2, -0.15) is 16.4 Å². The molecule has 0 radical (unpaired) electrons. The lowest BCUT2D eigenvalue weighted by atomic mass is 9.94. The maximum Gasteiger partial charge on any atom is 0.0901 e. The van der Waals surface area contributed by atoms with Gasteiger partial charge in [0.15, 0.2) is 0 Å². The van der Waals surface area contributed by atoms with Gasteiger partial charge >= 0.3 is 0 Å². The number of rotatable bonds is 5. The molecule has 0 aliphatic carbocycles. The zero-order valence-corrected chi connectivity index (χ0v) is 13.7. The van der Waals surface area contributed by atoms with Crippen LogP contribution in [0.3, 0.4) is 0 Å². The van der Waals surface area contributed by atoms with Crippen LogP contribution in [0.25, 0.3) is 0 Å². The van der Waals surface area contributed by atoms with E-state index in [0.717, 1.165) is 31.8 Å². The van der Waals surface area contributed by atoms with Gasteiger partial charge in [0.05, 0.1) is 11.8 Å². The van der Waals surface area contributed by atoms with Gasteiger partial charge in [0.1, 0.15) is 0 Å². The minimum atomic E-state index is 0.189. The van der Waals surface area contributed by atoms with Crippen molar-refractivity contribution in [1.82, 2.24) is 15.1 Å². The number of ether oxygens (including phenoxy) is 1. The molecule has 0 amide bonds. The number of aryl methyl sites for hydroxylation is 2. The van der Waals surface area contributed by atoms with E-state index >= 15 is 0 Å². The van der Waals surface area contributed by atoms with E-state index in [1.54, 1.807) is 11.3 Å². The van der Waals surface area contributed by atoms with Gasteiger partial charge in [-0.1, -0.05) is 0 Å². The van der Waals surface area contributed by atoms with E-state index in [1.807, 2.05) is 11.7 Å². The number of hydrogen-bond donors (Lipinski definition) is 1. The summed E-state index contributed by atoms with van der Waals surface area (Å²) in [5.74, 6) is 0.533. The number of hydrogen-bond acceptors (Lipinski definition) is 4. The van der Waals surface area contributed by atoms with Crippen molar-refractivity contribution in [2.45, 2.75) is 32.9 Å². The van der Waals surface area contributed by atoms with Crippen LogP contribution in [0.2, 0.25) is 0 Å². The predicted octanol–water partition coefficient (Wildman–Crippen LogP) is 2.97. The smallest absolute Gasteiger partial charge is 0.0901 e. The summed E-state index contributed by atoms with van der Waals surface area (Å²) in [6.45, 7) is 7.00. The number of nitrogens with one attached hydrogen (secondary N) is 1. The third-order valence-electron chi connectivity index (χ3n) is 4.38. The van der Waals surface area contributed by atoms with Crippen LogP contribution in [0.15, 0.2) is 16.8 Å². The second-order valence-corrected chi connectivity index (χ2v) is 6.59. The first kappa shape index (κ1) is 14.8. The fourth-order valence-electron chi connectivity index (χ4n) is 3.16. The van der Waals surface area contributed by atoms with E-state index in [0.29, 0.717) is 5.92 Å². The molecule has 4 nitrogen and oxygen atoms in total. The highest BCUT2D eigenvalue weighted by Gasteiger charge is 2.33. The van der Waals surface area contributed by atoms with Gasteiger partial charge in [-0.25, -0.2) is 0 Å². The maximum atomic E-state index is 6.02. The topological polar surface area (TPSA) is 39.1 Å². The Bertz CT molecular complexity index is 591. The quantitative estimate of drug-likeness (QED) is 0.923. The summed E-state index contributed by atoms with van der Waals surface area (Å²) in [6.07, 6.45) is 1.31. The Morgan fingerprint density at radius 3 is 3.00 bits per heavy atom. The zero-order valence-electron chi connectivity index (χ0n) is 12.9. The normalized spacial score (nSPS) is 22.0. The fourth-order valence-corrected chi connectivity index (χ4v) is 3.83. The van der Waals surface area contributed by atoms with Crippen molar-refractivity contribution in [3.8, 4) is 0 Å². The van der Waals surface area contributed by atoms with Crippen LogP contribution in [0.5, 0.6) is 0 Å². The Morgan fingerprint density at radius 2 is 2.33 bits per heavy atom. The molecule has 5 heteroatoms. The van der Waals surface area contributed by atoms with Gasteiger partial charge in [-0.05, 0) is 42.7 Å². The minimum Gasteiger partial charge on any atom is -0.373 e. The molecule has 0 bridgehead atoms. The van der Waals surface area contributed by atoms with Gasteiger partial charge in [-0.3, -0.25) is 4.68 Å². The molecule has 1 saturated heterocycles. The molecule has 0 spiro atoms. The van der Waals surface area contributed by atoms with E-state index in [1.165, 1.54) is 16.8 Å². The van der Waals surface area contributed by atoms with E-state index < -0.39 is 0 Å². The molecule has 0 saturated carbocycles. The minimum absolute atomic E-state index is 0.189. The highest BCUT2D eigenvalue weighted by atomic mass is 32.1. The van der Waals surface area contributed by atoms with Gasteiger partial charge in [-0.15, -0.1) is 0 Å². The van der Waals surface area contributed by atoms with Crippen molar-refractivity contribution in [2.24, 2.45) is 13.0 Å². The van der Waals surface area contributed by atoms with Crippen molar-refractivity contribution < 1.29 is 4.74 Å². The van der Waals surface area contributed by atoms with Crippen LogP contribution in [0, 0.1) is 19.8 Å². The Labute approximate surface area is 130 Å². The summed E-state index contributed by atoms with van der Waals surface area (Å²) in [5, 5.41) is 12.4. The SMILES string of the molecule is Cc1nn(C)c(C)c1[C@@H]1OCC[C@@H]1CNCc1ccsc1. The molecule has 2 aromatic heterocycles. The van der Waals surface area contributed by atoms with Crippen molar-refractivity contribution in [3.05, 3.63) is 39.3 Å². The van der Waals surface area contributed by atoms with E-state index in [2.05, 4.69) is 41.1 Å². The lowest BCUT2D eigenvalue weighted by molar-refractivity contribution is 0.0893. The molecule has 3 rings (SSSR count). The molecule has 1 aliphatic heterocycles. The number of aromatic nitrogens is 2. The maximum absolute atomic E-state index is 6.02. The summed E-state index contributed by atoms with van der Waals surface area (Å²) in [6, 6.07) is 2.18. The highest BCUT2D eigenvalue weighted by Crippen LogP contribution is 2.37. The van der Waals surface area contributed by atoms with E-state index in [9.17, 15) is 0 Å². The number of thiophene rings is 1. The van der Waals surface area contributed by atoms with Crippen LogP contribution in [0.1, 0.15) is 35.0 Å². The molecular weight excluding hydrogens is 282 g/mol. The average Bonchev–Trinajstić information content (AvgIpc) is 3.15. The zero-order chi connectivity index (χ0) is 14.8. The average molecular weight is 305 g/mol. The fraction of sp³-hybridized carbons (Fsp3) is 0.562.